The zero-order valence-electron chi connectivity index (χ0n) is 20.2. The summed E-state index contributed by atoms with van der Waals surface area (Å²) in [5, 5.41) is 3.43. The predicted molar refractivity (Wildman–Crippen MR) is 127 cm³/mol. The van der Waals surface area contributed by atoms with Crippen molar-refractivity contribution < 1.29 is 0 Å². The SMILES string of the molecule is CCNCCN(CC)CCN(CC)CCN(CC)CC=C(C)CCC=C(C)C. The third-order valence-corrected chi connectivity index (χ3v) is 5.45. The van der Waals surface area contributed by atoms with E-state index in [-0.39, 0.29) is 0 Å². The van der Waals surface area contributed by atoms with Gasteiger partial charge in [0.15, 0.2) is 0 Å². The van der Waals surface area contributed by atoms with Crippen LogP contribution in [0, 0.1) is 0 Å². The lowest BCUT2D eigenvalue weighted by molar-refractivity contribution is 0.191. The van der Waals surface area contributed by atoms with Crippen LogP contribution in [0.4, 0.5) is 0 Å². The summed E-state index contributed by atoms with van der Waals surface area (Å²) in [5.74, 6) is 0. The van der Waals surface area contributed by atoms with Gasteiger partial charge in [0.2, 0.25) is 0 Å². The summed E-state index contributed by atoms with van der Waals surface area (Å²) in [4.78, 5) is 7.72. The lowest BCUT2D eigenvalue weighted by atomic mass is 10.1. The van der Waals surface area contributed by atoms with Crippen LogP contribution in [0.2, 0.25) is 0 Å². The van der Waals surface area contributed by atoms with Crippen LogP contribution in [-0.4, -0.2) is 86.7 Å². The molecule has 0 rings (SSSR count). The second-order valence-corrected chi connectivity index (χ2v) is 7.99. The molecule has 166 valence electrons. The van der Waals surface area contributed by atoms with Crippen LogP contribution in [0.1, 0.15) is 61.3 Å². The summed E-state index contributed by atoms with van der Waals surface area (Å²) in [7, 11) is 0. The standard InChI is InChI=1S/C24H50N4/c1-8-25-16-18-27(10-3)20-22-28(11-4)21-19-26(9-2)17-15-24(7)14-12-13-23(5)6/h13,15,25H,8-12,14,16-22H2,1-7H3. The minimum atomic E-state index is 1.06. The fourth-order valence-electron chi connectivity index (χ4n) is 3.19. The average Bonchev–Trinajstić information content (AvgIpc) is 2.68. The average molecular weight is 395 g/mol. The summed E-state index contributed by atoms with van der Waals surface area (Å²) in [5.41, 5.74) is 2.94. The molecule has 0 aliphatic carbocycles. The number of likely N-dealkylation sites (N-methyl/N-ethyl adjacent to an activating group) is 4. The molecule has 0 unspecified atom stereocenters. The molecule has 0 radical (unpaired) electrons. The van der Waals surface area contributed by atoms with Crippen LogP contribution in [0.15, 0.2) is 23.3 Å². The topological polar surface area (TPSA) is 21.8 Å². The van der Waals surface area contributed by atoms with E-state index in [0.717, 1.165) is 52.4 Å². The molecule has 0 aromatic carbocycles. The number of allylic oxidation sites excluding steroid dienone is 3. The number of hydrogen-bond acceptors (Lipinski definition) is 4. The Kier molecular flexibility index (Phi) is 17.9. The molecule has 0 aliphatic rings. The fourth-order valence-corrected chi connectivity index (χ4v) is 3.19. The van der Waals surface area contributed by atoms with Gasteiger partial charge in [-0.15, -0.1) is 0 Å². The van der Waals surface area contributed by atoms with Gasteiger partial charge >= 0.3 is 0 Å². The molecule has 0 aromatic rings. The number of rotatable bonds is 18. The van der Waals surface area contributed by atoms with Crippen molar-refractivity contribution in [2.45, 2.75) is 61.3 Å². The van der Waals surface area contributed by atoms with Crippen LogP contribution in [0.5, 0.6) is 0 Å². The highest BCUT2D eigenvalue weighted by atomic mass is 15.2. The van der Waals surface area contributed by atoms with Gasteiger partial charge < -0.3 is 15.1 Å². The van der Waals surface area contributed by atoms with Gasteiger partial charge in [0.05, 0.1) is 0 Å². The molecule has 0 aliphatic heterocycles. The molecule has 4 heteroatoms. The van der Waals surface area contributed by atoms with Gasteiger partial charge in [-0.3, -0.25) is 4.90 Å². The number of hydrogen-bond donors (Lipinski definition) is 1. The lowest BCUT2D eigenvalue weighted by Gasteiger charge is -2.28. The van der Waals surface area contributed by atoms with Crippen LogP contribution in [0.25, 0.3) is 0 Å². The van der Waals surface area contributed by atoms with Crippen molar-refractivity contribution in [2.24, 2.45) is 0 Å². The Bertz CT molecular complexity index is 413. The van der Waals surface area contributed by atoms with E-state index in [2.05, 4.69) is 80.6 Å². The first-order chi connectivity index (χ1) is 13.5. The largest absolute Gasteiger partial charge is 0.316 e. The molecule has 1 N–H and O–H groups in total. The monoisotopic (exact) mass is 394 g/mol. The van der Waals surface area contributed by atoms with Crippen molar-refractivity contribution in [2.75, 3.05) is 72.0 Å². The van der Waals surface area contributed by atoms with Gasteiger partial charge in [-0.2, -0.15) is 0 Å². The smallest absolute Gasteiger partial charge is 0.0166 e. The summed E-state index contributed by atoms with van der Waals surface area (Å²) >= 11 is 0. The van der Waals surface area contributed by atoms with E-state index >= 15 is 0 Å². The maximum Gasteiger partial charge on any atom is 0.0166 e. The van der Waals surface area contributed by atoms with Crippen molar-refractivity contribution in [1.82, 2.24) is 20.0 Å². The highest BCUT2D eigenvalue weighted by Crippen LogP contribution is 2.07. The van der Waals surface area contributed by atoms with Crippen LogP contribution >= 0.6 is 0 Å². The summed E-state index contributed by atoms with van der Waals surface area (Å²) in [6, 6.07) is 0. The van der Waals surface area contributed by atoms with Crippen LogP contribution in [-0.2, 0) is 0 Å². The molecule has 0 saturated heterocycles. The van der Waals surface area contributed by atoms with Crippen molar-refractivity contribution in [1.29, 1.82) is 0 Å². The lowest BCUT2D eigenvalue weighted by Crippen LogP contribution is -2.41. The maximum absolute atomic E-state index is 3.43. The number of nitrogens with one attached hydrogen (secondary N) is 1. The molecular formula is C24H50N4. The maximum atomic E-state index is 3.43. The number of nitrogens with zero attached hydrogens (tertiary/aromatic N) is 3. The Labute approximate surface area is 177 Å². The van der Waals surface area contributed by atoms with Crippen molar-refractivity contribution in [3.05, 3.63) is 23.3 Å². The van der Waals surface area contributed by atoms with E-state index in [9.17, 15) is 0 Å². The van der Waals surface area contributed by atoms with Crippen LogP contribution in [0.3, 0.4) is 0 Å². The predicted octanol–water partition coefficient (Wildman–Crippen LogP) is 4.25. The van der Waals surface area contributed by atoms with E-state index in [1.165, 1.54) is 43.6 Å². The second-order valence-electron chi connectivity index (χ2n) is 7.99. The molecule has 0 aromatic heterocycles. The normalized spacial score (nSPS) is 12.4. The molecule has 0 amide bonds. The Morgan fingerprint density at radius 2 is 1.25 bits per heavy atom. The summed E-state index contributed by atoms with van der Waals surface area (Å²) in [6.45, 7) is 28.1. The molecule has 0 heterocycles. The van der Waals surface area contributed by atoms with Gasteiger partial charge in [0.1, 0.15) is 0 Å². The van der Waals surface area contributed by atoms with Crippen molar-refractivity contribution >= 4 is 0 Å². The molecule has 4 nitrogen and oxygen atoms in total. The molecular weight excluding hydrogens is 344 g/mol. The first-order valence-electron chi connectivity index (χ1n) is 11.6. The molecule has 0 bridgehead atoms. The summed E-state index contributed by atoms with van der Waals surface area (Å²) < 4.78 is 0. The fraction of sp³-hybridized carbons (Fsp3) is 0.833. The van der Waals surface area contributed by atoms with Gasteiger partial charge in [-0.05, 0) is 59.8 Å². The van der Waals surface area contributed by atoms with Gasteiger partial charge in [0.25, 0.3) is 0 Å². The van der Waals surface area contributed by atoms with E-state index in [1.54, 1.807) is 0 Å². The second kappa shape index (κ2) is 18.4. The third kappa shape index (κ3) is 15.3. The van der Waals surface area contributed by atoms with Gasteiger partial charge in [-0.1, -0.05) is 51.0 Å². The van der Waals surface area contributed by atoms with Crippen molar-refractivity contribution in [3.8, 4) is 0 Å². The zero-order chi connectivity index (χ0) is 21.2. The minimum absolute atomic E-state index is 1.06. The molecule has 0 atom stereocenters. The minimum Gasteiger partial charge on any atom is -0.316 e. The highest BCUT2D eigenvalue weighted by molar-refractivity contribution is 5.03. The molecule has 0 saturated carbocycles. The van der Waals surface area contributed by atoms with E-state index in [4.69, 9.17) is 0 Å². The Morgan fingerprint density at radius 1 is 0.714 bits per heavy atom. The van der Waals surface area contributed by atoms with Crippen molar-refractivity contribution in [3.63, 3.8) is 0 Å². The van der Waals surface area contributed by atoms with E-state index in [0.29, 0.717) is 0 Å². The Morgan fingerprint density at radius 3 is 1.75 bits per heavy atom. The highest BCUT2D eigenvalue weighted by Gasteiger charge is 2.08. The van der Waals surface area contributed by atoms with E-state index < -0.39 is 0 Å². The summed E-state index contributed by atoms with van der Waals surface area (Å²) in [6.07, 6.45) is 7.12. The van der Waals surface area contributed by atoms with Gasteiger partial charge in [-0.25, -0.2) is 0 Å². The molecule has 0 fully saturated rings. The Hall–Kier alpha value is -0.680. The first kappa shape index (κ1) is 27.3. The quantitative estimate of drug-likeness (QED) is 0.277. The van der Waals surface area contributed by atoms with E-state index in [1.807, 2.05) is 0 Å². The Balaban J connectivity index is 4.25. The molecule has 28 heavy (non-hydrogen) atoms. The third-order valence-electron chi connectivity index (χ3n) is 5.45. The zero-order valence-corrected chi connectivity index (χ0v) is 20.2. The van der Waals surface area contributed by atoms with Crippen LogP contribution < -0.4 is 5.32 Å². The first-order valence-corrected chi connectivity index (χ1v) is 11.6. The molecule has 0 spiro atoms. The van der Waals surface area contributed by atoms with Gasteiger partial charge in [0, 0.05) is 45.8 Å².